The molecule has 1 atom stereocenters. The quantitative estimate of drug-likeness (QED) is 0.520. The number of piperazine rings is 1. The van der Waals surface area contributed by atoms with Gasteiger partial charge in [0.2, 0.25) is 0 Å². The minimum absolute atomic E-state index is 0.0681. The van der Waals surface area contributed by atoms with Crippen LogP contribution in [0, 0.1) is 0 Å². The first-order valence-corrected chi connectivity index (χ1v) is 12.9. The fourth-order valence-electron chi connectivity index (χ4n) is 5.52. The average Bonchev–Trinajstić information content (AvgIpc) is 3.36. The van der Waals surface area contributed by atoms with Gasteiger partial charge >= 0.3 is 0 Å². The highest BCUT2D eigenvalue weighted by Gasteiger charge is 2.31. The summed E-state index contributed by atoms with van der Waals surface area (Å²) in [6.45, 7) is 6.32. The van der Waals surface area contributed by atoms with Crippen LogP contribution in [0.15, 0.2) is 59.6 Å². The summed E-state index contributed by atoms with van der Waals surface area (Å²) >= 11 is 0. The molecule has 0 aromatic heterocycles. The van der Waals surface area contributed by atoms with Crippen molar-refractivity contribution in [3.63, 3.8) is 0 Å². The van der Waals surface area contributed by atoms with Gasteiger partial charge in [0.05, 0.1) is 24.4 Å². The Hall–Kier alpha value is -3.58. The molecule has 3 aromatic carbocycles. The van der Waals surface area contributed by atoms with Crippen molar-refractivity contribution >= 4 is 34.3 Å². The molecule has 3 aliphatic rings. The zero-order valence-electron chi connectivity index (χ0n) is 20.7. The Morgan fingerprint density at radius 1 is 0.944 bits per heavy atom. The Labute approximate surface area is 211 Å². The van der Waals surface area contributed by atoms with Crippen LogP contribution in [0.5, 0.6) is 11.5 Å². The first-order chi connectivity index (χ1) is 17.7. The van der Waals surface area contributed by atoms with E-state index in [0.717, 1.165) is 74.3 Å². The number of hydrogen-bond acceptors (Lipinski definition) is 6. The molecule has 1 amide bonds. The predicted molar refractivity (Wildman–Crippen MR) is 143 cm³/mol. The maximum Gasteiger partial charge on any atom is 0.256 e. The number of ether oxygens (including phenoxy) is 2. The molecular weight excluding hydrogens is 452 g/mol. The van der Waals surface area contributed by atoms with Crippen LogP contribution in [-0.2, 0) is 0 Å². The average molecular weight is 485 g/mol. The molecule has 36 heavy (non-hydrogen) atoms. The maximum absolute atomic E-state index is 13.2. The standard InChI is InChI=1S/C29H32N4O3/c1-35-27-18-21-16-25-26(30-20-24-8-5-9-33(24)29(25)34)17-22(21)19-28(27)36-15-14-31-10-12-32(13-11-31)23-6-3-2-4-7-23/h2-4,6-7,16-20,24H,5,8-15H2,1H3/t24-/m0/s1. The van der Waals surface area contributed by atoms with Crippen LogP contribution in [-0.4, -0.2) is 80.9 Å². The molecule has 3 aliphatic heterocycles. The third-order valence-electron chi connectivity index (χ3n) is 7.57. The molecule has 0 spiro atoms. The summed E-state index contributed by atoms with van der Waals surface area (Å²) in [6.07, 6.45) is 3.94. The number of rotatable bonds is 6. The van der Waals surface area contributed by atoms with E-state index >= 15 is 0 Å². The first-order valence-electron chi connectivity index (χ1n) is 12.9. The summed E-state index contributed by atoms with van der Waals surface area (Å²) in [4.78, 5) is 24.7. The number of hydrogen-bond donors (Lipinski definition) is 0. The van der Waals surface area contributed by atoms with Crippen molar-refractivity contribution in [2.75, 3.05) is 57.9 Å². The molecule has 7 heteroatoms. The topological polar surface area (TPSA) is 57.6 Å². The number of benzene rings is 3. The molecular formula is C29H32N4O3. The number of amides is 1. The number of fused-ring (bicyclic) bond motifs is 3. The maximum atomic E-state index is 13.2. The zero-order valence-corrected chi connectivity index (χ0v) is 20.7. The number of aliphatic imine (C=N–C) groups is 1. The minimum Gasteiger partial charge on any atom is -0.493 e. The third kappa shape index (κ3) is 4.39. The molecule has 186 valence electrons. The van der Waals surface area contributed by atoms with E-state index in [9.17, 15) is 4.79 Å². The SMILES string of the molecule is COc1cc2cc3c(cc2cc1OCCN1CCN(c2ccccc2)CC1)N=C[C@@H]1CCCN1C3=O. The summed E-state index contributed by atoms with van der Waals surface area (Å²) in [5, 5.41) is 1.95. The van der Waals surface area contributed by atoms with Crippen LogP contribution >= 0.6 is 0 Å². The first kappa shape index (κ1) is 22.9. The van der Waals surface area contributed by atoms with Gasteiger partial charge in [-0.25, -0.2) is 0 Å². The number of para-hydroxylation sites is 1. The van der Waals surface area contributed by atoms with Gasteiger partial charge in [-0.3, -0.25) is 14.7 Å². The molecule has 7 nitrogen and oxygen atoms in total. The van der Waals surface area contributed by atoms with E-state index in [1.807, 2.05) is 35.4 Å². The van der Waals surface area contributed by atoms with E-state index in [1.54, 1.807) is 7.11 Å². The molecule has 3 heterocycles. The highest BCUT2D eigenvalue weighted by atomic mass is 16.5. The van der Waals surface area contributed by atoms with Crippen molar-refractivity contribution in [3.05, 3.63) is 60.2 Å². The van der Waals surface area contributed by atoms with Gasteiger partial charge in [0.15, 0.2) is 11.5 Å². The van der Waals surface area contributed by atoms with Gasteiger partial charge in [-0.05, 0) is 60.0 Å². The minimum atomic E-state index is 0.0681. The van der Waals surface area contributed by atoms with Gasteiger partial charge in [-0.1, -0.05) is 18.2 Å². The molecule has 3 aromatic rings. The second-order valence-electron chi connectivity index (χ2n) is 9.72. The van der Waals surface area contributed by atoms with Crippen LogP contribution < -0.4 is 14.4 Å². The Balaban J connectivity index is 1.14. The van der Waals surface area contributed by atoms with Gasteiger partial charge in [-0.15, -0.1) is 0 Å². The monoisotopic (exact) mass is 484 g/mol. The zero-order chi connectivity index (χ0) is 24.5. The van der Waals surface area contributed by atoms with Crippen LogP contribution in [0.1, 0.15) is 23.2 Å². The Morgan fingerprint density at radius 2 is 1.72 bits per heavy atom. The van der Waals surface area contributed by atoms with E-state index in [0.29, 0.717) is 17.9 Å². The molecule has 2 saturated heterocycles. The van der Waals surface area contributed by atoms with E-state index in [1.165, 1.54) is 5.69 Å². The summed E-state index contributed by atoms with van der Waals surface area (Å²) in [7, 11) is 1.66. The fraction of sp³-hybridized carbons (Fsp3) is 0.379. The Morgan fingerprint density at radius 3 is 2.53 bits per heavy atom. The lowest BCUT2D eigenvalue weighted by atomic mass is 10.0. The lowest BCUT2D eigenvalue weighted by molar-refractivity contribution is 0.0775. The van der Waals surface area contributed by atoms with Gasteiger partial charge in [0.25, 0.3) is 5.91 Å². The van der Waals surface area contributed by atoms with Crippen molar-refractivity contribution in [1.82, 2.24) is 9.80 Å². The fourth-order valence-corrected chi connectivity index (χ4v) is 5.52. The number of anilines is 1. The van der Waals surface area contributed by atoms with Gasteiger partial charge in [-0.2, -0.15) is 0 Å². The lowest BCUT2D eigenvalue weighted by Crippen LogP contribution is -2.47. The van der Waals surface area contributed by atoms with Crippen LogP contribution in [0.2, 0.25) is 0 Å². The van der Waals surface area contributed by atoms with Crippen molar-refractivity contribution in [2.45, 2.75) is 18.9 Å². The predicted octanol–water partition coefficient (Wildman–Crippen LogP) is 4.37. The van der Waals surface area contributed by atoms with Crippen LogP contribution in [0.25, 0.3) is 10.8 Å². The summed E-state index contributed by atoms with van der Waals surface area (Å²) in [5.74, 6) is 1.47. The Bertz CT molecular complexity index is 1280. The van der Waals surface area contributed by atoms with E-state index in [4.69, 9.17) is 9.47 Å². The normalized spacial score (nSPS) is 19.8. The molecule has 0 saturated carbocycles. The van der Waals surface area contributed by atoms with Gasteiger partial charge in [0.1, 0.15) is 6.61 Å². The molecule has 0 unspecified atom stereocenters. The number of carbonyl (C=O) groups excluding carboxylic acids is 1. The molecule has 2 fully saturated rings. The second-order valence-corrected chi connectivity index (χ2v) is 9.72. The van der Waals surface area contributed by atoms with Crippen molar-refractivity contribution in [3.8, 4) is 11.5 Å². The smallest absolute Gasteiger partial charge is 0.256 e. The van der Waals surface area contributed by atoms with E-state index < -0.39 is 0 Å². The summed E-state index contributed by atoms with van der Waals surface area (Å²) in [5.41, 5.74) is 2.68. The van der Waals surface area contributed by atoms with Crippen molar-refractivity contribution in [2.24, 2.45) is 4.99 Å². The molecule has 0 N–H and O–H groups in total. The second kappa shape index (κ2) is 9.82. The van der Waals surface area contributed by atoms with Gasteiger partial charge in [0, 0.05) is 51.2 Å². The van der Waals surface area contributed by atoms with Crippen molar-refractivity contribution < 1.29 is 14.3 Å². The summed E-state index contributed by atoms with van der Waals surface area (Å²) in [6, 6.07) is 18.6. The highest BCUT2D eigenvalue weighted by Crippen LogP contribution is 2.37. The Kier molecular flexibility index (Phi) is 6.23. The number of nitrogens with zero attached hydrogens (tertiary/aromatic N) is 4. The largest absolute Gasteiger partial charge is 0.493 e. The molecule has 6 rings (SSSR count). The van der Waals surface area contributed by atoms with Crippen LogP contribution in [0.3, 0.4) is 0 Å². The lowest BCUT2D eigenvalue weighted by Gasteiger charge is -2.36. The highest BCUT2D eigenvalue weighted by molar-refractivity contribution is 6.07. The number of carbonyl (C=O) groups is 1. The van der Waals surface area contributed by atoms with E-state index in [2.05, 4.69) is 45.1 Å². The summed E-state index contributed by atoms with van der Waals surface area (Å²) < 4.78 is 11.9. The number of methoxy groups -OCH3 is 1. The van der Waals surface area contributed by atoms with E-state index in [-0.39, 0.29) is 11.9 Å². The van der Waals surface area contributed by atoms with Crippen molar-refractivity contribution in [1.29, 1.82) is 0 Å². The molecule has 0 bridgehead atoms. The third-order valence-corrected chi connectivity index (χ3v) is 7.57. The molecule has 0 aliphatic carbocycles. The van der Waals surface area contributed by atoms with Gasteiger partial charge < -0.3 is 19.3 Å². The van der Waals surface area contributed by atoms with Crippen LogP contribution in [0.4, 0.5) is 11.4 Å². The molecule has 0 radical (unpaired) electrons.